The highest BCUT2D eigenvalue weighted by molar-refractivity contribution is 5.83. The highest BCUT2D eigenvalue weighted by atomic mass is 16.5. The van der Waals surface area contributed by atoms with Gasteiger partial charge in [0.2, 0.25) is 5.91 Å². The monoisotopic (exact) mass is 466 g/mol. The molecule has 1 aliphatic carbocycles. The van der Waals surface area contributed by atoms with E-state index in [4.69, 9.17) is 9.84 Å². The average Bonchev–Trinajstić information content (AvgIpc) is 3.17. The number of hydrogen-bond acceptors (Lipinski definition) is 4. The van der Waals surface area contributed by atoms with Crippen LogP contribution < -0.4 is 10.6 Å². The molecule has 0 saturated heterocycles. The lowest BCUT2D eigenvalue weighted by Gasteiger charge is -2.30. The number of carboxylic acid groups (broad SMARTS) is 1. The van der Waals surface area contributed by atoms with E-state index < -0.39 is 17.5 Å². The molecule has 34 heavy (non-hydrogen) atoms. The zero-order chi connectivity index (χ0) is 24.6. The Morgan fingerprint density at radius 2 is 1.50 bits per heavy atom. The van der Waals surface area contributed by atoms with E-state index >= 15 is 0 Å². The number of benzene rings is 2. The van der Waals surface area contributed by atoms with Gasteiger partial charge in [-0.25, -0.2) is 4.79 Å². The first kappa shape index (κ1) is 25.3. The summed E-state index contributed by atoms with van der Waals surface area (Å²) in [5.41, 5.74) is 3.90. The van der Waals surface area contributed by atoms with E-state index in [0.717, 1.165) is 11.1 Å². The van der Waals surface area contributed by atoms with Crippen LogP contribution in [0.5, 0.6) is 0 Å². The molecule has 3 N–H and O–H groups in total. The van der Waals surface area contributed by atoms with Gasteiger partial charge in [-0.05, 0) is 47.9 Å². The Morgan fingerprint density at radius 1 is 0.912 bits per heavy atom. The molecule has 0 spiro atoms. The lowest BCUT2D eigenvalue weighted by Crippen LogP contribution is -2.48. The molecule has 0 radical (unpaired) electrons. The molecule has 0 atom stereocenters. The second-order valence-corrected chi connectivity index (χ2v) is 8.77. The maximum Gasteiger partial charge on any atom is 0.407 e. The van der Waals surface area contributed by atoms with Gasteiger partial charge in [0, 0.05) is 25.4 Å². The fourth-order valence-corrected chi connectivity index (χ4v) is 4.58. The average molecular weight is 467 g/mol. The molecule has 0 saturated carbocycles. The standard InChI is InChI=1S/C27H34N2O5/c1-3-27(4-2,25(32)28-16-10-9-15-24(30)31)18-29-26(33)34-17-23-21-13-7-5-11-19(21)20-12-6-8-14-22(20)23/h5-8,11-14,23H,3-4,9-10,15-18H2,1-2H3,(H,28,32)(H,29,33)(H,30,31). The van der Waals surface area contributed by atoms with Crippen LogP contribution in [-0.2, 0) is 14.3 Å². The summed E-state index contributed by atoms with van der Waals surface area (Å²) in [6.45, 7) is 4.66. The van der Waals surface area contributed by atoms with Gasteiger partial charge in [-0.2, -0.15) is 0 Å². The molecule has 7 nitrogen and oxygen atoms in total. The molecule has 0 unspecified atom stereocenters. The Hall–Kier alpha value is -3.35. The summed E-state index contributed by atoms with van der Waals surface area (Å²) in [5, 5.41) is 14.4. The molecular formula is C27H34N2O5. The number of alkyl carbamates (subject to hydrolysis) is 1. The van der Waals surface area contributed by atoms with Crippen molar-refractivity contribution < 1.29 is 24.2 Å². The minimum Gasteiger partial charge on any atom is -0.481 e. The molecule has 3 rings (SSSR count). The van der Waals surface area contributed by atoms with Gasteiger partial charge < -0.3 is 20.5 Å². The molecule has 1 aliphatic rings. The third-order valence-corrected chi connectivity index (χ3v) is 6.85. The van der Waals surface area contributed by atoms with Crippen LogP contribution in [0.15, 0.2) is 48.5 Å². The number of amides is 2. The zero-order valence-electron chi connectivity index (χ0n) is 19.9. The number of hydrogen-bond donors (Lipinski definition) is 3. The van der Waals surface area contributed by atoms with Crippen LogP contribution in [0.3, 0.4) is 0 Å². The summed E-state index contributed by atoms with van der Waals surface area (Å²) < 4.78 is 5.60. The van der Waals surface area contributed by atoms with Crippen molar-refractivity contribution in [1.82, 2.24) is 10.6 Å². The normalized spacial score (nSPS) is 12.5. The lowest BCUT2D eigenvalue weighted by atomic mass is 9.81. The lowest BCUT2D eigenvalue weighted by molar-refractivity contribution is -0.137. The number of fused-ring (bicyclic) bond motifs is 3. The number of aliphatic carboxylic acids is 1. The van der Waals surface area contributed by atoms with Gasteiger partial charge in [0.05, 0.1) is 5.41 Å². The molecule has 0 aromatic heterocycles. The van der Waals surface area contributed by atoms with Gasteiger partial charge in [0.1, 0.15) is 6.61 Å². The molecule has 2 aromatic carbocycles. The van der Waals surface area contributed by atoms with Crippen molar-refractivity contribution >= 4 is 18.0 Å². The minimum atomic E-state index is -0.838. The largest absolute Gasteiger partial charge is 0.481 e. The van der Waals surface area contributed by atoms with Gasteiger partial charge in [0.25, 0.3) is 0 Å². The number of ether oxygens (including phenoxy) is 1. The van der Waals surface area contributed by atoms with E-state index in [0.29, 0.717) is 32.2 Å². The van der Waals surface area contributed by atoms with Crippen LogP contribution in [-0.4, -0.2) is 42.8 Å². The summed E-state index contributed by atoms with van der Waals surface area (Å²) in [7, 11) is 0. The highest BCUT2D eigenvalue weighted by Crippen LogP contribution is 2.44. The van der Waals surface area contributed by atoms with E-state index in [1.54, 1.807) is 0 Å². The van der Waals surface area contributed by atoms with Crippen LogP contribution in [0.25, 0.3) is 11.1 Å². The van der Waals surface area contributed by atoms with E-state index in [1.165, 1.54) is 11.1 Å². The number of nitrogens with one attached hydrogen (secondary N) is 2. The topological polar surface area (TPSA) is 105 Å². The maximum atomic E-state index is 12.9. The van der Waals surface area contributed by atoms with E-state index in [1.807, 2.05) is 38.1 Å². The van der Waals surface area contributed by atoms with E-state index in [-0.39, 0.29) is 31.4 Å². The Balaban J connectivity index is 1.54. The van der Waals surface area contributed by atoms with Gasteiger partial charge >= 0.3 is 12.1 Å². The Bertz CT molecular complexity index is 970. The van der Waals surface area contributed by atoms with Crippen LogP contribution in [0.1, 0.15) is 63.0 Å². The first-order valence-electron chi connectivity index (χ1n) is 12.0. The highest BCUT2D eigenvalue weighted by Gasteiger charge is 2.35. The molecule has 0 aliphatic heterocycles. The summed E-state index contributed by atoms with van der Waals surface area (Å²) in [5.74, 6) is -0.990. The smallest absolute Gasteiger partial charge is 0.407 e. The van der Waals surface area contributed by atoms with Gasteiger partial charge in [-0.1, -0.05) is 62.4 Å². The molecule has 2 amide bonds. The Morgan fingerprint density at radius 3 is 2.06 bits per heavy atom. The molecule has 0 fully saturated rings. The fourth-order valence-electron chi connectivity index (χ4n) is 4.58. The van der Waals surface area contributed by atoms with Crippen molar-refractivity contribution in [2.24, 2.45) is 5.41 Å². The number of unbranched alkanes of at least 4 members (excludes halogenated alkanes) is 1. The molecule has 0 heterocycles. The molecule has 182 valence electrons. The summed E-state index contributed by atoms with van der Waals surface area (Å²) in [6.07, 6.45) is 1.79. The minimum absolute atomic E-state index is 0.0191. The summed E-state index contributed by atoms with van der Waals surface area (Å²) in [4.78, 5) is 36.0. The summed E-state index contributed by atoms with van der Waals surface area (Å²) in [6, 6.07) is 16.3. The number of carbonyl (C=O) groups is 3. The number of rotatable bonds is 12. The second kappa shape index (κ2) is 11.7. The summed E-state index contributed by atoms with van der Waals surface area (Å²) >= 11 is 0. The van der Waals surface area contributed by atoms with Crippen molar-refractivity contribution in [2.45, 2.75) is 51.9 Å². The first-order valence-corrected chi connectivity index (χ1v) is 12.0. The Kier molecular flexibility index (Phi) is 8.68. The van der Waals surface area contributed by atoms with Crippen LogP contribution in [0.4, 0.5) is 4.79 Å². The number of carboxylic acids is 1. The molecular weight excluding hydrogens is 432 g/mol. The molecule has 7 heteroatoms. The maximum absolute atomic E-state index is 12.9. The van der Waals surface area contributed by atoms with Gasteiger partial charge in [0.15, 0.2) is 0 Å². The quantitative estimate of drug-likeness (QED) is 0.393. The number of carbonyl (C=O) groups excluding carboxylic acids is 2. The molecule has 0 bridgehead atoms. The third-order valence-electron chi connectivity index (χ3n) is 6.85. The van der Waals surface area contributed by atoms with Crippen LogP contribution in [0, 0.1) is 5.41 Å². The Labute approximate surface area is 200 Å². The van der Waals surface area contributed by atoms with Crippen LogP contribution >= 0.6 is 0 Å². The van der Waals surface area contributed by atoms with E-state index in [9.17, 15) is 14.4 Å². The van der Waals surface area contributed by atoms with Crippen molar-refractivity contribution in [2.75, 3.05) is 19.7 Å². The predicted molar refractivity (Wildman–Crippen MR) is 131 cm³/mol. The van der Waals surface area contributed by atoms with Crippen LogP contribution in [0.2, 0.25) is 0 Å². The fraction of sp³-hybridized carbons (Fsp3) is 0.444. The van der Waals surface area contributed by atoms with E-state index in [2.05, 4.69) is 34.9 Å². The first-order chi connectivity index (χ1) is 16.4. The third kappa shape index (κ3) is 5.76. The van der Waals surface area contributed by atoms with Crippen molar-refractivity contribution in [3.63, 3.8) is 0 Å². The van der Waals surface area contributed by atoms with Crippen molar-refractivity contribution in [1.29, 1.82) is 0 Å². The predicted octanol–water partition coefficient (Wildman–Crippen LogP) is 4.70. The van der Waals surface area contributed by atoms with Gasteiger partial charge in [-0.15, -0.1) is 0 Å². The second-order valence-electron chi connectivity index (χ2n) is 8.77. The molecule has 2 aromatic rings. The van der Waals surface area contributed by atoms with Crippen molar-refractivity contribution in [3.8, 4) is 11.1 Å². The van der Waals surface area contributed by atoms with Gasteiger partial charge in [-0.3, -0.25) is 9.59 Å². The zero-order valence-corrected chi connectivity index (χ0v) is 19.9. The SMILES string of the molecule is CCC(CC)(CNC(=O)OCC1c2ccccc2-c2ccccc21)C(=O)NCCCCC(=O)O. The van der Waals surface area contributed by atoms with Crippen molar-refractivity contribution in [3.05, 3.63) is 59.7 Å².